The minimum atomic E-state index is 0.878. The predicted octanol–water partition coefficient (Wildman–Crippen LogP) is 22.2. The molecule has 3 nitrogen and oxygen atoms in total. The van der Waals surface area contributed by atoms with Crippen LogP contribution in [0.2, 0.25) is 0 Å². The fourth-order valence-corrected chi connectivity index (χ4v) is 13.9. The summed E-state index contributed by atoms with van der Waals surface area (Å²) in [7, 11) is 0. The first-order chi connectivity index (χ1) is 41.6. The van der Waals surface area contributed by atoms with Gasteiger partial charge in [-0.25, -0.2) is 9.97 Å². The summed E-state index contributed by atoms with van der Waals surface area (Å²) in [6.07, 6.45) is 0. The first-order valence-electron chi connectivity index (χ1n) is 28.6. The van der Waals surface area contributed by atoms with Gasteiger partial charge in [0.25, 0.3) is 0 Å². The number of para-hydroxylation sites is 2. The summed E-state index contributed by atoms with van der Waals surface area (Å²) < 4.78 is 5.08. The van der Waals surface area contributed by atoms with Crippen molar-refractivity contribution in [2.24, 2.45) is 0 Å². The van der Waals surface area contributed by atoms with Crippen molar-refractivity contribution in [3.05, 3.63) is 309 Å². The molecule has 0 saturated carbocycles. The maximum atomic E-state index is 5.12. The minimum Gasteiger partial charge on any atom is -0.309 e. The van der Waals surface area contributed by atoms with E-state index in [1.54, 1.807) is 0 Å². The third-order valence-electron chi connectivity index (χ3n) is 16.7. The lowest BCUT2D eigenvalue weighted by molar-refractivity contribution is 1.18. The quantitative estimate of drug-likeness (QED) is 0.149. The predicted molar refractivity (Wildman–Crippen MR) is 358 cm³/mol. The van der Waals surface area contributed by atoms with Gasteiger partial charge < -0.3 is 4.57 Å². The highest BCUT2D eigenvalue weighted by Gasteiger charge is 2.19. The molecule has 0 aliphatic carbocycles. The summed E-state index contributed by atoms with van der Waals surface area (Å²) in [6, 6.07) is 111. The van der Waals surface area contributed by atoms with Gasteiger partial charge in [0.1, 0.15) is 0 Å². The van der Waals surface area contributed by atoms with Crippen LogP contribution in [0.25, 0.3) is 158 Å². The average Bonchev–Trinajstić information content (AvgIpc) is 2.12. The Morgan fingerprint density at radius 3 is 1.23 bits per heavy atom. The molecule has 0 aliphatic heterocycles. The maximum absolute atomic E-state index is 5.12. The molecule has 3 heterocycles. The molecule has 17 aromatic rings. The molecular formula is C80H51N3S. The van der Waals surface area contributed by atoms with Crippen molar-refractivity contribution in [1.82, 2.24) is 14.5 Å². The lowest BCUT2D eigenvalue weighted by atomic mass is 9.91. The van der Waals surface area contributed by atoms with E-state index in [1.165, 1.54) is 119 Å². The summed E-state index contributed by atoms with van der Waals surface area (Å²) in [5.74, 6) is 0. The van der Waals surface area contributed by atoms with E-state index >= 15 is 0 Å². The third kappa shape index (κ3) is 8.59. The molecule has 0 bridgehead atoms. The Labute approximate surface area is 490 Å². The number of fused-ring (bicyclic) bond motifs is 13. The molecule has 4 heteroatoms. The van der Waals surface area contributed by atoms with Gasteiger partial charge in [-0.1, -0.05) is 243 Å². The van der Waals surface area contributed by atoms with Crippen molar-refractivity contribution in [2.75, 3.05) is 0 Å². The number of nitrogens with zero attached hydrogens (tertiary/aromatic N) is 3. The molecule has 84 heavy (non-hydrogen) atoms. The fraction of sp³-hybridized carbons (Fsp3) is 0. The summed E-state index contributed by atoms with van der Waals surface area (Å²) in [6.45, 7) is 0. The Balaban J connectivity index is 0.000000141. The van der Waals surface area contributed by atoms with Crippen molar-refractivity contribution in [2.45, 2.75) is 0 Å². The second kappa shape index (κ2) is 20.6. The van der Waals surface area contributed by atoms with E-state index in [2.05, 4.69) is 271 Å². The second-order valence-corrected chi connectivity index (χ2v) is 22.6. The minimum absolute atomic E-state index is 0.878. The number of thiophene rings is 1. The van der Waals surface area contributed by atoms with E-state index < -0.39 is 0 Å². The van der Waals surface area contributed by atoms with Gasteiger partial charge in [0.15, 0.2) is 0 Å². The first-order valence-corrected chi connectivity index (χ1v) is 29.4. The van der Waals surface area contributed by atoms with Gasteiger partial charge in [0.05, 0.1) is 33.5 Å². The normalized spacial score (nSPS) is 11.6. The Morgan fingerprint density at radius 1 is 0.238 bits per heavy atom. The molecule has 0 N–H and O–H groups in total. The van der Waals surface area contributed by atoms with E-state index in [4.69, 9.17) is 9.97 Å². The van der Waals surface area contributed by atoms with Crippen LogP contribution >= 0.6 is 11.3 Å². The zero-order valence-electron chi connectivity index (χ0n) is 45.7. The van der Waals surface area contributed by atoms with Crippen LogP contribution in [0.1, 0.15) is 0 Å². The average molecular weight is 1090 g/mol. The molecule has 0 unspecified atom stereocenters. The van der Waals surface area contributed by atoms with Crippen LogP contribution in [-0.4, -0.2) is 14.5 Å². The molecule has 0 fully saturated rings. The van der Waals surface area contributed by atoms with Crippen LogP contribution in [0.3, 0.4) is 0 Å². The number of benzene rings is 14. The molecule has 17 rings (SSSR count). The lowest BCUT2D eigenvalue weighted by Crippen LogP contribution is -1.97. The maximum Gasteiger partial charge on any atom is 0.0973 e. The van der Waals surface area contributed by atoms with Crippen LogP contribution in [-0.2, 0) is 0 Å². The topological polar surface area (TPSA) is 30.7 Å². The van der Waals surface area contributed by atoms with Crippen LogP contribution < -0.4 is 0 Å². The van der Waals surface area contributed by atoms with E-state index in [0.29, 0.717) is 0 Å². The van der Waals surface area contributed by atoms with E-state index in [-0.39, 0.29) is 0 Å². The van der Waals surface area contributed by atoms with Gasteiger partial charge >= 0.3 is 0 Å². The van der Waals surface area contributed by atoms with E-state index in [9.17, 15) is 0 Å². The zero-order chi connectivity index (χ0) is 55.5. The van der Waals surface area contributed by atoms with Crippen molar-refractivity contribution >= 4 is 96.7 Å². The third-order valence-corrected chi connectivity index (χ3v) is 17.9. The molecule has 3 aromatic heterocycles. The molecule has 0 spiro atoms. The van der Waals surface area contributed by atoms with Gasteiger partial charge in [-0.15, -0.1) is 11.3 Å². The molecular weight excluding hydrogens is 1030 g/mol. The highest BCUT2D eigenvalue weighted by atomic mass is 32.1. The van der Waals surface area contributed by atoms with Crippen molar-refractivity contribution in [1.29, 1.82) is 0 Å². The first kappa shape index (κ1) is 49.1. The summed E-state index contributed by atoms with van der Waals surface area (Å²) in [4.78, 5) is 10.2. The standard InChI is InChI=1S/C44H29N3.C36H22S/c1-4-12-30(13-5-1)34-22-26-41-37(28-34)38-29-35(31-14-6-2-7-15-31)23-27-42(38)47(41)36-24-20-33(21-25-36)44-43(32-16-8-3-9-17-32)45-39-18-10-11-19-40(39)46-44;1-2-13-29-27(11-1)28-12-3-4-14-30(28)34-22-24(19-20-31(29)34)23-9-7-10-25(21-23)26-16-8-17-33-32-15-5-6-18-35(32)37-36(26)33/h1-29H;1-22H. The van der Waals surface area contributed by atoms with Gasteiger partial charge in [0.2, 0.25) is 0 Å². The van der Waals surface area contributed by atoms with E-state index in [0.717, 1.165) is 39.2 Å². The molecule has 14 aromatic carbocycles. The van der Waals surface area contributed by atoms with Crippen molar-refractivity contribution in [3.8, 4) is 72.7 Å². The fourth-order valence-electron chi connectivity index (χ4n) is 12.6. The Hall–Kier alpha value is -10.8. The highest BCUT2D eigenvalue weighted by molar-refractivity contribution is 7.26. The molecule has 392 valence electrons. The number of hydrogen-bond acceptors (Lipinski definition) is 3. The Kier molecular flexibility index (Phi) is 12.1. The SMILES string of the molecule is c1cc(-c2ccc3c4ccccc4c4ccccc4c3c2)cc(-c2cccc3c2sc2ccccc23)c1.c1ccc(-c2ccc3c(c2)c2cc(-c4ccccc4)ccc2n3-c2ccc(-c3nc4ccccc4nc3-c3ccccc3)cc2)cc1. The zero-order valence-corrected chi connectivity index (χ0v) is 46.5. The van der Waals surface area contributed by atoms with Crippen LogP contribution in [0.15, 0.2) is 309 Å². The van der Waals surface area contributed by atoms with Gasteiger partial charge in [-0.05, 0) is 144 Å². The van der Waals surface area contributed by atoms with Crippen LogP contribution in [0, 0.1) is 0 Å². The monoisotopic (exact) mass is 1090 g/mol. The van der Waals surface area contributed by atoms with Gasteiger partial charge in [-0.3, -0.25) is 0 Å². The largest absolute Gasteiger partial charge is 0.309 e. The van der Waals surface area contributed by atoms with Crippen molar-refractivity contribution < 1.29 is 0 Å². The van der Waals surface area contributed by atoms with Gasteiger partial charge in [0, 0.05) is 47.8 Å². The van der Waals surface area contributed by atoms with Crippen LogP contribution in [0.5, 0.6) is 0 Å². The molecule has 0 radical (unpaired) electrons. The van der Waals surface area contributed by atoms with Crippen molar-refractivity contribution in [3.63, 3.8) is 0 Å². The van der Waals surface area contributed by atoms with E-state index in [1.807, 2.05) is 53.8 Å². The molecule has 0 aliphatic rings. The molecule has 0 amide bonds. The Morgan fingerprint density at radius 2 is 0.631 bits per heavy atom. The number of rotatable bonds is 7. The summed E-state index contributed by atoms with van der Waals surface area (Å²) in [5, 5.41) is 13.0. The highest BCUT2D eigenvalue weighted by Crippen LogP contribution is 2.43. The number of aromatic nitrogens is 3. The molecule has 0 saturated heterocycles. The summed E-state index contributed by atoms with van der Waals surface area (Å²) in [5.41, 5.74) is 19.0. The number of hydrogen-bond donors (Lipinski definition) is 0. The summed E-state index contributed by atoms with van der Waals surface area (Å²) >= 11 is 1.89. The molecule has 0 atom stereocenters. The second-order valence-electron chi connectivity index (χ2n) is 21.6. The smallest absolute Gasteiger partial charge is 0.0973 e. The van der Waals surface area contributed by atoms with Gasteiger partial charge in [-0.2, -0.15) is 0 Å². The Bertz CT molecular complexity index is 5220. The van der Waals surface area contributed by atoms with Crippen LogP contribution in [0.4, 0.5) is 0 Å². The lowest BCUT2D eigenvalue weighted by Gasteiger charge is -2.13.